The molecule has 0 atom stereocenters. The fourth-order valence-corrected chi connectivity index (χ4v) is 0.775. The summed E-state index contributed by atoms with van der Waals surface area (Å²) in [5.74, 6) is 0. The van der Waals surface area contributed by atoms with E-state index in [1.165, 1.54) is 5.54 Å². The number of rotatable bonds is 2. The average Bonchev–Trinajstić information content (AvgIpc) is 2.40. The third-order valence-corrected chi connectivity index (χ3v) is 1.59. The molecule has 0 aliphatic heterocycles. The van der Waals surface area contributed by atoms with E-state index < -0.39 is 0 Å². The van der Waals surface area contributed by atoms with Gasteiger partial charge in [0.15, 0.2) is 0 Å². The molecule has 0 bridgehead atoms. The third kappa shape index (κ3) is 2.05. The van der Waals surface area contributed by atoms with Gasteiger partial charge in [0, 0.05) is 17.9 Å². The summed E-state index contributed by atoms with van der Waals surface area (Å²) in [6.07, 6.45) is 3.52. The maximum absolute atomic E-state index is 5.63. The normalized spacial score (nSPS) is 12.0. The van der Waals surface area contributed by atoms with Crippen molar-refractivity contribution < 1.29 is 0 Å². The molecule has 54 valence electrons. The monoisotopic (exact) mass is 176 g/mol. The Labute approximate surface area is 69.1 Å². The molecule has 0 unspecified atom stereocenters. The van der Waals surface area contributed by atoms with Crippen LogP contribution in [0.25, 0.3) is 0 Å². The van der Waals surface area contributed by atoms with E-state index in [9.17, 15) is 0 Å². The fraction of sp³-hybridized carbons (Fsp3) is 0.167. The van der Waals surface area contributed by atoms with E-state index in [0.29, 0.717) is 11.6 Å². The van der Waals surface area contributed by atoms with Gasteiger partial charge in [-0.25, -0.2) is 0 Å². The molecule has 0 saturated heterocycles. The molecule has 0 N–H and O–H groups in total. The van der Waals surface area contributed by atoms with Crippen LogP contribution in [0.1, 0.15) is 0 Å². The lowest BCUT2D eigenvalue weighted by molar-refractivity contribution is 0.695. The van der Waals surface area contributed by atoms with Crippen LogP contribution in [0, 0.1) is 0 Å². The molecule has 0 amide bonds. The molecular weight excluding hydrogens is 171 g/mol. The number of halogens is 2. The van der Waals surface area contributed by atoms with Crippen molar-refractivity contribution in [3.8, 4) is 0 Å². The Kier molecular flexibility index (Phi) is 2.78. The van der Waals surface area contributed by atoms with E-state index in [4.69, 9.17) is 23.2 Å². The second kappa shape index (κ2) is 3.64. The Morgan fingerprint density at radius 1 is 1.70 bits per heavy atom. The molecule has 0 radical (unpaired) electrons. The number of hydrogen-bond donors (Lipinski definition) is 0. The largest absolute Gasteiger partial charge is 0.267 e. The predicted octanol–water partition coefficient (Wildman–Crippen LogP) is 2.20. The van der Waals surface area contributed by atoms with Crippen molar-refractivity contribution in [2.75, 3.05) is 0 Å². The molecule has 0 aliphatic rings. The van der Waals surface area contributed by atoms with Crippen LogP contribution in [0.15, 0.2) is 29.0 Å². The van der Waals surface area contributed by atoms with E-state index in [-0.39, 0.29) is 0 Å². The highest BCUT2D eigenvalue weighted by molar-refractivity contribution is 6.36. The summed E-state index contributed by atoms with van der Waals surface area (Å²) in [5.41, 5.74) is 1.34. The molecule has 0 aliphatic carbocycles. The van der Waals surface area contributed by atoms with Crippen molar-refractivity contribution >= 4 is 23.2 Å². The lowest BCUT2D eigenvalue weighted by Crippen LogP contribution is -1.96. The minimum atomic E-state index is 0.540. The van der Waals surface area contributed by atoms with Gasteiger partial charge in [-0.15, -0.1) is 0 Å². The van der Waals surface area contributed by atoms with E-state index in [0.717, 1.165) is 0 Å². The summed E-state index contributed by atoms with van der Waals surface area (Å²) in [6, 6.07) is 1.83. The van der Waals surface area contributed by atoms with Crippen LogP contribution in [-0.4, -0.2) is 9.78 Å². The summed E-state index contributed by atoms with van der Waals surface area (Å²) < 4.78 is 1.70. The lowest BCUT2D eigenvalue weighted by Gasteiger charge is -1.96. The first-order valence-electron chi connectivity index (χ1n) is 2.75. The van der Waals surface area contributed by atoms with Crippen molar-refractivity contribution in [3.63, 3.8) is 0 Å². The van der Waals surface area contributed by atoms with Crippen LogP contribution in [0.2, 0.25) is 0 Å². The predicted molar refractivity (Wildman–Crippen MR) is 42.0 cm³/mol. The molecule has 0 fully saturated rings. The molecule has 4 heteroatoms. The molecule has 1 aromatic heterocycles. The number of hydrogen-bond acceptors (Lipinski definition) is 1. The van der Waals surface area contributed by atoms with Crippen LogP contribution in [0.3, 0.4) is 0 Å². The zero-order valence-corrected chi connectivity index (χ0v) is 6.68. The van der Waals surface area contributed by atoms with Gasteiger partial charge in [0.2, 0.25) is 0 Å². The first kappa shape index (κ1) is 7.63. The second-order valence-corrected chi connectivity index (χ2v) is 2.46. The number of aromatic nitrogens is 2. The van der Waals surface area contributed by atoms with Crippen molar-refractivity contribution in [2.24, 2.45) is 0 Å². The van der Waals surface area contributed by atoms with Crippen molar-refractivity contribution in [3.05, 3.63) is 29.0 Å². The van der Waals surface area contributed by atoms with Gasteiger partial charge in [0.25, 0.3) is 0 Å². The Balaban J connectivity index is 2.56. The summed E-state index contributed by atoms with van der Waals surface area (Å²) in [6.45, 7) is 0.540. The van der Waals surface area contributed by atoms with Crippen molar-refractivity contribution in [1.29, 1.82) is 0 Å². The molecule has 0 spiro atoms. The maximum Gasteiger partial charge on any atom is 0.0774 e. The van der Waals surface area contributed by atoms with Crippen LogP contribution < -0.4 is 0 Å². The molecule has 1 aromatic rings. The van der Waals surface area contributed by atoms with Gasteiger partial charge in [0.1, 0.15) is 0 Å². The van der Waals surface area contributed by atoms with Gasteiger partial charge in [-0.3, -0.25) is 4.68 Å². The third-order valence-electron chi connectivity index (χ3n) is 0.991. The van der Waals surface area contributed by atoms with Gasteiger partial charge in [-0.05, 0) is 6.07 Å². The van der Waals surface area contributed by atoms with Gasteiger partial charge in [-0.2, -0.15) is 5.10 Å². The summed E-state index contributed by atoms with van der Waals surface area (Å²) in [4.78, 5) is 0. The average molecular weight is 177 g/mol. The highest BCUT2D eigenvalue weighted by atomic mass is 35.5. The SMILES string of the molecule is Cl/C=C(/Cl)Cn1cccn1. The molecule has 1 rings (SSSR count). The molecule has 2 nitrogen and oxygen atoms in total. The molecule has 0 saturated carbocycles. The summed E-state index contributed by atoms with van der Waals surface area (Å²) in [7, 11) is 0. The van der Waals surface area contributed by atoms with Gasteiger partial charge in [0.05, 0.1) is 11.6 Å². The van der Waals surface area contributed by atoms with E-state index in [2.05, 4.69) is 5.10 Å². The summed E-state index contributed by atoms with van der Waals surface area (Å²) >= 11 is 11.0. The van der Waals surface area contributed by atoms with Gasteiger partial charge >= 0.3 is 0 Å². The van der Waals surface area contributed by atoms with Crippen LogP contribution >= 0.6 is 23.2 Å². The Morgan fingerprint density at radius 3 is 3.00 bits per heavy atom. The minimum absolute atomic E-state index is 0.540. The first-order chi connectivity index (χ1) is 4.83. The van der Waals surface area contributed by atoms with E-state index >= 15 is 0 Å². The maximum atomic E-state index is 5.63. The van der Waals surface area contributed by atoms with Crippen LogP contribution in [0.5, 0.6) is 0 Å². The summed E-state index contributed by atoms with van der Waals surface area (Å²) in [5, 5.41) is 4.51. The quantitative estimate of drug-likeness (QED) is 0.676. The first-order valence-corrected chi connectivity index (χ1v) is 3.56. The van der Waals surface area contributed by atoms with Gasteiger partial charge < -0.3 is 0 Å². The topological polar surface area (TPSA) is 17.8 Å². The Hall–Kier alpha value is -0.470. The smallest absolute Gasteiger partial charge is 0.0774 e. The van der Waals surface area contributed by atoms with Gasteiger partial charge in [-0.1, -0.05) is 23.2 Å². The molecule has 10 heavy (non-hydrogen) atoms. The Morgan fingerprint density at radius 2 is 2.50 bits per heavy atom. The number of allylic oxidation sites excluding steroid dienone is 1. The number of nitrogens with zero attached hydrogens (tertiary/aromatic N) is 2. The zero-order chi connectivity index (χ0) is 7.40. The van der Waals surface area contributed by atoms with Crippen molar-refractivity contribution in [1.82, 2.24) is 9.78 Å². The Bertz CT molecular complexity index is 216. The zero-order valence-electron chi connectivity index (χ0n) is 5.17. The van der Waals surface area contributed by atoms with Crippen LogP contribution in [-0.2, 0) is 6.54 Å². The molecule has 0 aromatic carbocycles. The fourth-order valence-electron chi connectivity index (χ4n) is 0.583. The van der Waals surface area contributed by atoms with Crippen LogP contribution in [0.4, 0.5) is 0 Å². The highest BCUT2D eigenvalue weighted by Crippen LogP contribution is 2.05. The molecule has 1 heterocycles. The van der Waals surface area contributed by atoms with Crippen molar-refractivity contribution in [2.45, 2.75) is 6.54 Å². The van der Waals surface area contributed by atoms with E-state index in [1.807, 2.05) is 12.3 Å². The van der Waals surface area contributed by atoms with E-state index in [1.54, 1.807) is 10.9 Å². The minimum Gasteiger partial charge on any atom is -0.267 e. The molecular formula is C6H6Cl2N2. The standard InChI is InChI=1S/C6H6Cl2N2/c7-4-6(8)5-10-3-1-2-9-10/h1-4H,5H2/b6-4+. The highest BCUT2D eigenvalue weighted by Gasteiger charge is 1.92. The second-order valence-electron chi connectivity index (χ2n) is 1.76. The lowest BCUT2D eigenvalue weighted by atomic mass is 10.6.